The molecule has 2 rings (SSSR count). The molecule has 0 fully saturated rings. The molecule has 130 valence electrons. The lowest BCUT2D eigenvalue weighted by Crippen LogP contribution is -2.23. The number of hydrogen-bond acceptors (Lipinski definition) is 2. The molecule has 1 N–H and O–H groups in total. The van der Waals surface area contributed by atoms with E-state index in [1.807, 2.05) is 24.3 Å². The molecule has 0 heterocycles. The van der Waals surface area contributed by atoms with Gasteiger partial charge in [0.15, 0.2) is 0 Å². The Morgan fingerprint density at radius 3 is 2.12 bits per heavy atom. The van der Waals surface area contributed by atoms with Crippen LogP contribution in [-0.4, -0.2) is 38.6 Å². The average molecular weight is 349 g/mol. The third kappa shape index (κ3) is 6.23. The van der Waals surface area contributed by atoms with E-state index in [0.717, 1.165) is 43.1 Å². The molecule has 2 aromatic carbocycles. The topological polar surface area (TPSA) is 15.3 Å². The van der Waals surface area contributed by atoms with E-state index in [1.165, 1.54) is 17.7 Å². The van der Waals surface area contributed by atoms with E-state index in [1.54, 1.807) is 0 Å². The van der Waals surface area contributed by atoms with Crippen LogP contribution in [0.25, 0.3) is 0 Å². The Labute approximate surface area is 149 Å². The minimum Gasteiger partial charge on any atom is -0.317 e. The van der Waals surface area contributed by atoms with E-state index in [9.17, 15) is 4.39 Å². The highest BCUT2D eigenvalue weighted by atomic mass is 35.5. The Balaban J connectivity index is 1.98. The van der Waals surface area contributed by atoms with Gasteiger partial charge in [0.2, 0.25) is 0 Å². The molecule has 0 aliphatic carbocycles. The van der Waals surface area contributed by atoms with Gasteiger partial charge in [0.05, 0.1) is 0 Å². The van der Waals surface area contributed by atoms with Gasteiger partial charge in [-0.2, -0.15) is 0 Å². The normalized spacial score (nSPS) is 12.5. The summed E-state index contributed by atoms with van der Waals surface area (Å²) in [5.41, 5.74) is 2.34. The van der Waals surface area contributed by atoms with Crippen molar-refractivity contribution < 1.29 is 4.39 Å². The lowest BCUT2D eigenvalue weighted by molar-refractivity contribution is 0.394. The van der Waals surface area contributed by atoms with Gasteiger partial charge in [0.25, 0.3) is 0 Å². The van der Waals surface area contributed by atoms with Crippen molar-refractivity contribution in [2.75, 3.05) is 33.7 Å². The smallest absolute Gasteiger partial charge is 0.123 e. The summed E-state index contributed by atoms with van der Waals surface area (Å²) in [6.07, 6.45) is 2.10. The monoisotopic (exact) mass is 348 g/mol. The van der Waals surface area contributed by atoms with Crippen molar-refractivity contribution in [2.45, 2.75) is 18.8 Å². The first-order valence-electron chi connectivity index (χ1n) is 8.42. The summed E-state index contributed by atoms with van der Waals surface area (Å²) in [6.45, 7) is 3.03. The van der Waals surface area contributed by atoms with E-state index in [4.69, 9.17) is 11.6 Å². The number of rotatable bonds is 9. The number of halogens is 2. The zero-order valence-electron chi connectivity index (χ0n) is 14.4. The number of nitrogens with one attached hydrogen (secondary N) is 1. The van der Waals surface area contributed by atoms with E-state index < -0.39 is 0 Å². The molecule has 0 aliphatic heterocycles. The second kappa shape index (κ2) is 9.77. The first-order valence-corrected chi connectivity index (χ1v) is 8.80. The first kappa shape index (κ1) is 18.9. The molecule has 1 atom stereocenters. The third-order valence-electron chi connectivity index (χ3n) is 4.11. The number of hydrogen-bond donors (Lipinski definition) is 1. The van der Waals surface area contributed by atoms with Gasteiger partial charge in [-0.05, 0) is 82.0 Å². The van der Waals surface area contributed by atoms with Crippen LogP contribution in [0.15, 0.2) is 48.5 Å². The van der Waals surface area contributed by atoms with Crippen LogP contribution in [0, 0.1) is 5.82 Å². The Morgan fingerprint density at radius 2 is 1.54 bits per heavy atom. The number of nitrogens with zero attached hydrogens (tertiary/aromatic N) is 1. The molecular weight excluding hydrogens is 323 g/mol. The van der Waals surface area contributed by atoms with Crippen LogP contribution in [0.2, 0.25) is 5.02 Å². The summed E-state index contributed by atoms with van der Waals surface area (Å²) < 4.78 is 13.2. The van der Waals surface area contributed by atoms with Gasteiger partial charge in [0, 0.05) is 10.9 Å². The van der Waals surface area contributed by atoms with Gasteiger partial charge in [-0.15, -0.1) is 0 Å². The van der Waals surface area contributed by atoms with E-state index in [0.29, 0.717) is 0 Å². The van der Waals surface area contributed by atoms with Crippen molar-refractivity contribution in [2.24, 2.45) is 0 Å². The van der Waals surface area contributed by atoms with Crippen molar-refractivity contribution in [3.05, 3.63) is 70.5 Å². The zero-order chi connectivity index (χ0) is 17.4. The zero-order valence-corrected chi connectivity index (χ0v) is 15.2. The summed E-state index contributed by atoms with van der Waals surface area (Å²) in [7, 11) is 4.18. The average Bonchev–Trinajstić information content (AvgIpc) is 2.56. The minimum atomic E-state index is -0.199. The van der Waals surface area contributed by atoms with Gasteiger partial charge in [0.1, 0.15) is 5.82 Å². The molecule has 24 heavy (non-hydrogen) atoms. The molecule has 0 radical (unpaired) electrons. The highest BCUT2D eigenvalue weighted by Crippen LogP contribution is 2.28. The van der Waals surface area contributed by atoms with Gasteiger partial charge >= 0.3 is 0 Å². The maximum absolute atomic E-state index is 13.2. The van der Waals surface area contributed by atoms with Crippen molar-refractivity contribution in [1.82, 2.24) is 10.2 Å². The summed E-state index contributed by atoms with van der Waals surface area (Å²) in [6, 6.07) is 14.8. The molecule has 0 amide bonds. The lowest BCUT2D eigenvalue weighted by atomic mass is 9.88. The first-order chi connectivity index (χ1) is 11.6. The second-order valence-corrected chi connectivity index (χ2v) is 6.79. The van der Waals surface area contributed by atoms with E-state index in [-0.39, 0.29) is 11.7 Å². The van der Waals surface area contributed by atoms with Crippen LogP contribution < -0.4 is 5.32 Å². The molecule has 4 heteroatoms. The van der Waals surface area contributed by atoms with E-state index in [2.05, 4.69) is 36.4 Å². The quantitative estimate of drug-likeness (QED) is 0.669. The maximum Gasteiger partial charge on any atom is 0.123 e. The molecule has 0 saturated carbocycles. The fourth-order valence-electron chi connectivity index (χ4n) is 2.81. The van der Waals surface area contributed by atoms with Crippen molar-refractivity contribution in [3.63, 3.8) is 0 Å². The highest BCUT2D eigenvalue weighted by molar-refractivity contribution is 6.30. The van der Waals surface area contributed by atoms with Crippen LogP contribution in [0.3, 0.4) is 0 Å². The molecule has 0 aromatic heterocycles. The van der Waals surface area contributed by atoms with Crippen molar-refractivity contribution in [3.8, 4) is 0 Å². The Morgan fingerprint density at radius 1 is 0.958 bits per heavy atom. The maximum atomic E-state index is 13.2. The van der Waals surface area contributed by atoms with E-state index >= 15 is 0 Å². The minimum absolute atomic E-state index is 0.199. The second-order valence-electron chi connectivity index (χ2n) is 6.35. The fraction of sp³-hybridized carbons (Fsp3) is 0.400. The Bertz CT molecular complexity index is 551. The number of benzene rings is 2. The lowest BCUT2D eigenvalue weighted by Gasteiger charge is -2.19. The fourth-order valence-corrected chi connectivity index (χ4v) is 2.93. The Kier molecular flexibility index (Phi) is 7.70. The summed E-state index contributed by atoms with van der Waals surface area (Å²) in [4.78, 5) is 2.19. The Hall–Kier alpha value is -1.42. The van der Waals surface area contributed by atoms with Gasteiger partial charge in [-0.25, -0.2) is 4.39 Å². The highest BCUT2D eigenvalue weighted by Gasteiger charge is 2.14. The molecule has 0 saturated heterocycles. The SMILES string of the molecule is CN(C)CCCNCCC(c1ccc(F)cc1)c1ccc(Cl)cc1. The molecule has 2 aromatic rings. The van der Waals surface area contributed by atoms with Gasteiger partial charge in [-0.1, -0.05) is 35.9 Å². The van der Waals surface area contributed by atoms with Crippen LogP contribution in [0.5, 0.6) is 0 Å². The van der Waals surface area contributed by atoms with Crippen LogP contribution in [0.1, 0.15) is 29.9 Å². The molecule has 2 nitrogen and oxygen atoms in total. The van der Waals surface area contributed by atoms with Gasteiger partial charge < -0.3 is 10.2 Å². The standard InChI is InChI=1S/C20H26ClFN2/c1-24(2)15-3-13-23-14-12-20(16-4-8-18(21)9-5-16)17-6-10-19(22)11-7-17/h4-11,20,23H,3,12-15H2,1-2H3. The largest absolute Gasteiger partial charge is 0.317 e. The van der Waals surface area contributed by atoms with Crippen molar-refractivity contribution in [1.29, 1.82) is 0 Å². The molecule has 0 spiro atoms. The van der Waals surface area contributed by atoms with Crippen LogP contribution >= 0.6 is 11.6 Å². The molecule has 0 aliphatic rings. The molecule has 0 bridgehead atoms. The summed E-state index contributed by atoms with van der Waals surface area (Å²) >= 11 is 6.00. The van der Waals surface area contributed by atoms with Gasteiger partial charge in [-0.3, -0.25) is 0 Å². The predicted octanol–water partition coefficient (Wildman–Crippen LogP) is 4.54. The summed E-state index contributed by atoms with van der Waals surface area (Å²) in [5.74, 6) is 0.0413. The summed E-state index contributed by atoms with van der Waals surface area (Å²) in [5, 5.41) is 4.24. The van der Waals surface area contributed by atoms with Crippen molar-refractivity contribution >= 4 is 11.6 Å². The third-order valence-corrected chi connectivity index (χ3v) is 4.37. The van der Waals surface area contributed by atoms with Crippen LogP contribution in [-0.2, 0) is 0 Å². The molecule has 1 unspecified atom stereocenters. The molecular formula is C20H26ClFN2. The predicted molar refractivity (Wildman–Crippen MR) is 100 cm³/mol. The van der Waals surface area contributed by atoms with Crippen LogP contribution in [0.4, 0.5) is 4.39 Å².